The Morgan fingerprint density at radius 2 is 1.67 bits per heavy atom. The molecule has 2 aromatic carbocycles. The van der Waals surface area contributed by atoms with Crippen LogP contribution in [-0.2, 0) is 13.2 Å². The van der Waals surface area contributed by atoms with Crippen LogP contribution in [0.1, 0.15) is 24.5 Å². The first-order valence-electron chi connectivity index (χ1n) is 8.69. The van der Waals surface area contributed by atoms with Gasteiger partial charge in [-0.3, -0.25) is 0 Å². The lowest BCUT2D eigenvalue weighted by Crippen LogP contribution is -2.21. The Bertz CT molecular complexity index is 643. The van der Waals surface area contributed by atoms with Crippen LogP contribution in [0, 0.1) is 0 Å². The highest BCUT2D eigenvalue weighted by molar-refractivity contribution is 6.32. The van der Waals surface area contributed by atoms with Gasteiger partial charge in [-0.15, -0.1) is 24.8 Å². The van der Waals surface area contributed by atoms with Gasteiger partial charge in [0.15, 0.2) is 11.5 Å². The third-order valence-corrected chi connectivity index (χ3v) is 4.08. The van der Waals surface area contributed by atoms with Crippen LogP contribution in [0.2, 0.25) is 5.02 Å². The predicted molar refractivity (Wildman–Crippen MR) is 118 cm³/mol. The number of methoxy groups -OCH3 is 1. The fraction of sp³-hybridized carbons (Fsp3) is 0.400. The second kappa shape index (κ2) is 14.8. The number of benzene rings is 2. The minimum atomic E-state index is 0. The van der Waals surface area contributed by atoms with Crippen molar-refractivity contribution in [2.45, 2.75) is 26.5 Å². The number of halogens is 3. The molecule has 0 aliphatic heterocycles. The summed E-state index contributed by atoms with van der Waals surface area (Å²) in [6.45, 7) is 6.32. The van der Waals surface area contributed by atoms with Gasteiger partial charge in [-0.2, -0.15) is 0 Å². The zero-order valence-corrected chi connectivity index (χ0v) is 18.2. The van der Waals surface area contributed by atoms with E-state index in [2.05, 4.69) is 17.6 Å². The van der Waals surface area contributed by atoms with E-state index < -0.39 is 0 Å². The molecular formula is C20H29Cl3N2O2. The van der Waals surface area contributed by atoms with E-state index in [0.29, 0.717) is 23.1 Å². The fourth-order valence-electron chi connectivity index (χ4n) is 2.49. The monoisotopic (exact) mass is 434 g/mol. The molecule has 0 unspecified atom stereocenters. The Hall–Kier alpha value is -1.17. The van der Waals surface area contributed by atoms with Gasteiger partial charge in [-0.25, -0.2) is 0 Å². The molecule has 0 bridgehead atoms. The Balaban J connectivity index is 0.00000338. The van der Waals surface area contributed by atoms with Crippen molar-refractivity contribution in [2.24, 2.45) is 0 Å². The van der Waals surface area contributed by atoms with Crippen molar-refractivity contribution in [1.29, 1.82) is 0 Å². The van der Waals surface area contributed by atoms with Crippen LogP contribution >= 0.6 is 36.4 Å². The van der Waals surface area contributed by atoms with Crippen molar-refractivity contribution in [3.05, 3.63) is 58.6 Å². The first-order valence-corrected chi connectivity index (χ1v) is 9.07. The molecule has 0 spiro atoms. The van der Waals surface area contributed by atoms with E-state index in [1.165, 1.54) is 0 Å². The Kier molecular flexibility index (Phi) is 14.2. The van der Waals surface area contributed by atoms with Gasteiger partial charge in [0.1, 0.15) is 6.61 Å². The number of nitrogens with one attached hydrogen (secondary N) is 2. The highest BCUT2D eigenvalue weighted by Gasteiger charge is 2.12. The first kappa shape index (κ1) is 25.8. The summed E-state index contributed by atoms with van der Waals surface area (Å²) < 4.78 is 11.4. The van der Waals surface area contributed by atoms with Gasteiger partial charge in [0.25, 0.3) is 0 Å². The van der Waals surface area contributed by atoms with E-state index in [1.807, 2.05) is 42.5 Å². The van der Waals surface area contributed by atoms with E-state index in [4.69, 9.17) is 21.1 Å². The Labute approximate surface area is 179 Å². The molecule has 0 heterocycles. The van der Waals surface area contributed by atoms with Gasteiger partial charge in [0.2, 0.25) is 0 Å². The fourth-order valence-corrected chi connectivity index (χ4v) is 2.78. The summed E-state index contributed by atoms with van der Waals surface area (Å²) in [5.41, 5.74) is 2.17. The molecule has 0 aliphatic rings. The van der Waals surface area contributed by atoms with E-state index in [-0.39, 0.29) is 24.8 Å². The molecule has 7 heteroatoms. The maximum absolute atomic E-state index is 6.42. The molecule has 0 aliphatic carbocycles. The lowest BCUT2D eigenvalue weighted by Gasteiger charge is -2.15. The summed E-state index contributed by atoms with van der Waals surface area (Å²) in [7, 11) is 1.63. The summed E-state index contributed by atoms with van der Waals surface area (Å²) in [6.07, 6.45) is 1.09. The van der Waals surface area contributed by atoms with Crippen LogP contribution in [0.4, 0.5) is 0 Å². The summed E-state index contributed by atoms with van der Waals surface area (Å²) in [6, 6.07) is 13.9. The number of ether oxygens (including phenoxy) is 2. The molecule has 0 saturated heterocycles. The van der Waals surface area contributed by atoms with E-state index in [0.717, 1.165) is 43.7 Å². The van der Waals surface area contributed by atoms with Crippen molar-refractivity contribution < 1.29 is 9.47 Å². The van der Waals surface area contributed by atoms with Crippen molar-refractivity contribution in [3.63, 3.8) is 0 Å². The highest BCUT2D eigenvalue weighted by atomic mass is 35.5. The summed E-state index contributed by atoms with van der Waals surface area (Å²) in [5, 5.41) is 7.30. The zero-order valence-electron chi connectivity index (χ0n) is 15.8. The SMILES string of the molecule is CCNCCCNCc1cc(Cl)c(OCc2ccccc2)c(OC)c1.Cl.Cl. The van der Waals surface area contributed by atoms with Crippen molar-refractivity contribution >= 4 is 36.4 Å². The van der Waals surface area contributed by atoms with E-state index in [1.54, 1.807) is 7.11 Å². The highest BCUT2D eigenvalue weighted by Crippen LogP contribution is 2.37. The van der Waals surface area contributed by atoms with Crippen LogP contribution in [-0.4, -0.2) is 26.7 Å². The molecule has 0 atom stereocenters. The van der Waals surface area contributed by atoms with Crippen LogP contribution in [0.5, 0.6) is 11.5 Å². The number of rotatable bonds is 11. The van der Waals surface area contributed by atoms with E-state index in [9.17, 15) is 0 Å². The molecule has 4 nitrogen and oxygen atoms in total. The molecule has 2 rings (SSSR count). The van der Waals surface area contributed by atoms with Gasteiger partial charge in [0, 0.05) is 6.54 Å². The quantitative estimate of drug-likeness (QED) is 0.495. The summed E-state index contributed by atoms with van der Waals surface area (Å²) in [4.78, 5) is 0. The molecule has 0 fully saturated rings. The van der Waals surface area contributed by atoms with Crippen molar-refractivity contribution in [1.82, 2.24) is 10.6 Å². The van der Waals surface area contributed by atoms with Gasteiger partial charge < -0.3 is 20.1 Å². The standard InChI is InChI=1S/C20H27ClN2O2.2ClH/c1-3-22-10-7-11-23-14-17-12-18(21)20(19(13-17)24-2)25-15-16-8-5-4-6-9-16;;/h4-6,8-9,12-13,22-23H,3,7,10-11,14-15H2,1-2H3;2*1H. The second-order valence-corrected chi connectivity index (χ2v) is 6.17. The smallest absolute Gasteiger partial charge is 0.180 e. The predicted octanol–water partition coefficient (Wildman–Crippen LogP) is 4.86. The van der Waals surface area contributed by atoms with Crippen molar-refractivity contribution in [2.75, 3.05) is 26.7 Å². The summed E-state index contributed by atoms with van der Waals surface area (Å²) in [5.74, 6) is 1.25. The number of hydrogen-bond donors (Lipinski definition) is 2. The number of hydrogen-bond acceptors (Lipinski definition) is 4. The van der Waals surface area contributed by atoms with Gasteiger partial charge in [0.05, 0.1) is 12.1 Å². The second-order valence-electron chi connectivity index (χ2n) is 5.77. The van der Waals surface area contributed by atoms with E-state index >= 15 is 0 Å². The minimum absolute atomic E-state index is 0. The molecule has 27 heavy (non-hydrogen) atoms. The Morgan fingerprint density at radius 1 is 0.963 bits per heavy atom. The van der Waals surface area contributed by atoms with Crippen LogP contribution in [0.15, 0.2) is 42.5 Å². The average molecular weight is 436 g/mol. The molecule has 0 amide bonds. The molecule has 0 aromatic heterocycles. The summed E-state index contributed by atoms with van der Waals surface area (Å²) >= 11 is 6.42. The topological polar surface area (TPSA) is 42.5 Å². The Morgan fingerprint density at radius 3 is 2.33 bits per heavy atom. The third kappa shape index (κ3) is 9.04. The average Bonchev–Trinajstić information content (AvgIpc) is 2.64. The molecule has 0 saturated carbocycles. The maximum atomic E-state index is 6.42. The largest absolute Gasteiger partial charge is 0.493 e. The van der Waals surface area contributed by atoms with Gasteiger partial charge in [-0.05, 0) is 49.3 Å². The third-order valence-electron chi connectivity index (χ3n) is 3.80. The van der Waals surface area contributed by atoms with Crippen LogP contribution in [0.25, 0.3) is 0 Å². The van der Waals surface area contributed by atoms with Gasteiger partial charge >= 0.3 is 0 Å². The molecule has 2 aromatic rings. The minimum Gasteiger partial charge on any atom is -0.493 e. The zero-order chi connectivity index (χ0) is 17.9. The van der Waals surface area contributed by atoms with Gasteiger partial charge in [-0.1, -0.05) is 48.9 Å². The molecule has 0 radical (unpaired) electrons. The molecule has 2 N–H and O–H groups in total. The first-order chi connectivity index (χ1) is 12.2. The lowest BCUT2D eigenvalue weighted by molar-refractivity contribution is 0.284. The lowest BCUT2D eigenvalue weighted by atomic mass is 10.2. The normalized spacial score (nSPS) is 9.89. The van der Waals surface area contributed by atoms with Crippen molar-refractivity contribution in [3.8, 4) is 11.5 Å². The van der Waals surface area contributed by atoms with Crippen LogP contribution < -0.4 is 20.1 Å². The molecule has 152 valence electrons. The maximum Gasteiger partial charge on any atom is 0.180 e. The van der Waals surface area contributed by atoms with Crippen LogP contribution in [0.3, 0.4) is 0 Å². The molecular weight excluding hydrogens is 407 g/mol.